The van der Waals surface area contributed by atoms with Gasteiger partial charge in [0.05, 0.1) is 8.07 Å². The lowest BCUT2D eigenvalue weighted by molar-refractivity contribution is -0.131. The van der Waals surface area contributed by atoms with E-state index in [4.69, 9.17) is 17.4 Å². The van der Waals surface area contributed by atoms with E-state index in [0.717, 1.165) is 29.9 Å². The van der Waals surface area contributed by atoms with Gasteiger partial charge in [0.15, 0.2) is 6.67 Å². The maximum absolute atomic E-state index is 12.8. The molecular weight excluding hydrogens is 494 g/mol. The van der Waals surface area contributed by atoms with Crippen LogP contribution in [0.5, 0.6) is 0 Å². The summed E-state index contributed by atoms with van der Waals surface area (Å²) in [7, 11) is -6.04. The van der Waals surface area contributed by atoms with Gasteiger partial charge in [0.25, 0.3) is 15.2 Å². The molecule has 0 bridgehead atoms. The van der Waals surface area contributed by atoms with Crippen LogP contribution in [0.25, 0.3) is 0 Å². The molecule has 0 aliphatic carbocycles. The highest BCUT2D eigenvalue weighted by Crippen LogP contribution is 2.29. The third-order valence-corrected chi connectivity index (χ3v) is 22.3. The molecule has 1 amide bonds. The average molecular weight is 536 g/mol. The predicted molar refractivity (Wildman–Crippen MR) is 143 cm³/mol. The first-order chi connectivity index (χ1) is 14.9. The lowest BCUT2D eigenvalue weighted by atomic mass is 10.2. The summed E-state index contributed by atoms with van der Waals surface area (Å²) in [6.45, 7) is 14.4. The fraction of sp³-hybridized carbons (Fsp3) is 0.650. The number of anilines is 1. The second-order valence-corrected chi connectivity index (χ2v) is 24.5. The number of benzene rings is 1. The summed E-state index contributed by atoms with van der Waals surface area (Å²) in [6.07, 6.45) is 1.06. The Morgan fingerprint density at radius 1 is 1.22 bits per heavy atom. The molecule has 0 spiro atoms. The fourth-order valence-electron chi connectivity index (χ4n) is 4.17. The molecule has 1 aromatic carbocycles. The van der Waals surface area contributed by atoms with Gasteiger partial charge >= 0.3 is 9.28 Å². The SMILES string of the molecule is CCC[Si](C)(C[Si](C)(C)Cc1cccc(N(C)C(=O)CF)c1)OO[SiH](C)O[SiH](C)O[SiH2]C. The van der Waals surface area contributed by atoms with Crippen LogP contribution in [0.4, 0.5) is 10.1 Å². The summed E-state index contributed by atoms with van der Waals surface area (Å²) in [4.78, 5) is 13.1. The second kappa shape index (κ2) is 14.1. The standard InChI is InChI=1S/C20H42FNO5Si5/c1-9-13-32(8,25-24-29(4)27-30(5)26-28-3)17-31(6,7)16-18-11-10-12-19(14-18)22(2)20(23)15-21/h10-12,14,29-30H,9,13,15-17,28H2,1-8H3. The first-order valence-corrected chi connectivity index (χ1v) is 23.9. The molecule has 0 saturated carbocycles. The predicted octanol–water partition coefficient (Wildman–Crippen LogP) is 3.75. The first kappa shape index (κ1) is 29.6. The summed E-state index contributed by atoms with van der Waals surface area (Å²) >= 11 is 0. The Balaban J connectivity index is 2.82. The number of hydrogen-bond donors (Lipinski definition) is 0. The molecule has 0 heterocycles. The zero-order chi connectivity index (χ0) is 24.4. The van der Waals surface area contributed by atoms with Crippen molar-refractivity contribution in [2.24, 2.45) is 0 Å². The highest BCUT2D eigenvalue weighted by Gasteiger charge is 2.39. The van der Waals surface area contributed by atoms with Crippen molar-refractivity contribution in [2.75, 3.05) is 18.6 Å². The fourth-order valence-corrected chi connectivity index (χ4v) is 22.9. The molecule has 32 heavy (non-hydrogen) atoms. The minimum atomic E-state index is -2.07. The molecule has 0 N–H and O–H groups in total. The molecule has 3 unspecified atom stereocenters. The van der Waals surface area contributed by atoms with Crippen LogP contribution in [-0.2, 0) is 28.2 Å². The first-order valence-electron chi connectivity index (χ1n) is 11.5. The summed E-state index contributed by atoms with van der Waals surface area (Å²) in [6, 6.07) is 9.90. The maximum atomic E-state index is 12.8. The van der Waals surface area contributed by atoms with Gasteiger partial charge in [-0.15, -0.1) is 0 Å². The van der Waals surface area contributed by atoms with Crippen LogP contribution in [0.1, 0.15) is 18.9 Å². The third-order valence-electron chi connectivity index (χ3n) is 5.27. The Morgan fingerprint density at radius 2 is 1.91 bits per heavy atom. The van der Waals surface area contributed by atoms with E-state index in [9.17, 15) is 9.18 Å². The Bertz CT molecular complexity index is 717. The molecule has 0 saturated heterocycles. The number of halogens is 1. The Labute approximate surface area is 201 Å². The monoisotopic (exact) mass is 535 g/mol. The van der Waals surface area contributed by atoms with E-state index in [-0.39, 0.29) is 0 Å². The largest absolute Gasteiger partial charge is 0.444 e. The van der Waals surface area contributed by atoms with E-state index in [0.29, 0.717) is 0 Å². The van der Waals surface area contributed by atoms with Crippen LogP contribution >= 0.6 is 0 Å². The van der Waals surface area contributed by atoms with Crippen molar-refractivity contribution in [1.29, 1.82) is 0 Å². The molecular formula is C20H42FNO5Si5. The van der Waals surface area contributed by atoms with Gasteiger partial charge in [0.1, 0.15) is 9.76 Å². The summed E-state index contributed by atoms with van der Waals surface area (Å²) in [5.74, 6) is -0.531. The smallest absolute Gasteiger partial charge is 0.346 e. The van der Waals surface area contributed by atoms with E-state index in [1.165, 1.54) is 10.5 Å². The topological polar surface area (TPSA) is 57.2 Å². The van der Waals surface area contributed by atoms with Gasteiger partial charge < -0.3 is 13.1 Å². The van der Waals surface area contributed by atoms with Crippen LogP contribution in [0.15, 0.2) is 24.3 Å². The van der Waals surface area contributed by atoms with Gasteiger partial charge in [0.2, 0.25) is 8.32 Å². The van der Waals surface area contributed by atoms with Crippen molar-refractivity contribution in [1.82, 2.24) is 0 Å². The molecule has 1 rings (SSSR count). The zero-order valence-corrected chi connectivity index (χ0v) is 26.8. The van der Waals surface area contributed by atoms with Crippen molar-refractivity contribution in [3.05, 3.63) is 29.8 Å². The van der Waals surface area contributed by atoms with Crippen molar-refractivity contribution in [2.45, 2.75) is 70.4 Å². The van der Waals surface area contributed by atoms with Crippen LogP contribution in [-0.4, -0.2) is 64.4 Å². The van der Waals surface area contributed by atoms with E-state index < -0.39 is 57.3 Å². The molecule has 184 valence electrons. The van der Waals surface area contributed by atoms with Crippen molar-refractivity contribution < 1.29 is 26.6 Å². The summed E-state index contributed by atoms with van der Waals surface area (Å²) in [5.41, 5.74) is 2.98. The molecule has 0 aliphatic rings. The number of carbonyl (C=O) groups is 1. The Kier molecular flexibility index (Phi) is 13.0. The molecule has 6 nitrogen and oxygen atoms in total. The van der Waals surface area contributed by atoms with Crippen molar-refractivity contribution in [3.8, 4) is 0 Å². The molecule has 3 atom stereocenters. The number of hydrogen-bond acceptors (Lipinski definition) is 5. The highest BCUT2D eigenvalue weighted by molar-refractivity contribution is 6.92. The third kappa shape index (κ3) is 10.6. The number of carbonyl (C=O) groups excluding carboxylic acids is 1. The number of nitrogens with zero attached hydrogens (tertiary/aromatic N) is 1. The van der Waals surface area contributed by atoms with Gasteiger partial charge in [0, 0.05) is 12.7 Å². The molecule has 1 aromatic rings. The van der Waals surface area contributed by atoms with Crippen LogP contribution < -0.4 is 4.90 Å². The van der Waals surface area contributed by atoms with E-state index in [1.807, 2.05) is 24.7 Å². The number of rotatable bonds is 15. The molecule has 0 aliphatic heterocycles. The summed E-state index contributed by atoms with van der Waals surface area (Å²) < 4.78 is 36.5. The van der Waals surface area contributed by atoms with Crippen molar-refractivity contribution in [3.63, 3.8) is 0 Å². The van der Waals surface area contributed by atoms with Gasteiger partial charge in [-0.05, 0) is 55.1 Å². The highest BCUT2D eigenvalue weighted by atomic mass is 28.4. The van der Waals surface area contributed by atoms with Gasteiger partial charge in [-0.2, -0.15) is 0 Å². The van der Waals surface area contributed by atoms with Crippen LogP contribution in [0.3, 0.4) is 0 Å². The minimum Gasteiger partial charge on any atom is -0.444 e. The molecule has 0 radical (unpaired) electrons. The quantitative estimate of drug-likeness (QED) is 0.194. The number of amides is 1. The second-order valence-electron chi connectivity index (χ2n) is 9.38. The maximum Gasteiger partial charge on any atom is 0.346 e. The summed E-state index contributed by atoms with van der Waals surface area (Å²) in [5, 5.41) is 0. The lowest BCUT2D eigenvalue weighted by Crippen LogP contribution is -2.47. The molecule has 0 fully saturated rings. The average Bonchev–Trinajstić information content (AvgIpc) is 2.71. The lowest BCUT2D eigenvalue weighted by Gasteiger charge is -2.34. The Hall–Kier alpha value is -0.456. The van der Waals surface area contributed by atoms with Crippen LogP contribution in [0.2, 0.25) is 51.0 Å². The zero-order valence-electron chi connectivity index (χ0n) is 21.1. The Morgan fingerprint density at radius 3 is 2.50 bits per heavy atom. The number of alkyl halides is 1. The van der Waals surface area contributed by atoms with E-state index in [2.05, 4.69) is 45.7 Å². The van der Waals surface area contributed by atoms with E-state index >= 15 is 0 Å². The molecule has 0 aromatic heterocycles. The molecule has 12 heteroatoms. The normalized spacial score (nSPS) is 16.2. The van der Waals surface area contributed by atoms with Gasteiger partial charge in [-0.25, -0.2) is 4.39 Å². The van der Waals surface area contributed by atoms with Gasteiger partial charge in [-0.3, -0.25) is 13.9 Å². The van der Waals surface area contributed by atoms with Crippen molar-refractivity contribution >= 4 is 56.3 Å². The van der Waals surface area contributed by atoms with Gasteiger partial charge in [-0.1, -0.05) is 45.1 Å². The minimum absolute atomic E-state index is 0.456. The van der Waals surface area contributed by atoms with Crippen LogP contribution in [0, 0.1) is 0 Å². The van der Waals surface area contributed by atoms with E-state index in [1.54, 1.807) is 7.05 Å².